The van der Waals surface area contributed by atoms with Gasteiger partial charge in [0.05, 0.1) is 0 Å². The summed E-state index contributed by atoms with van der Waals surface area (Å²) in [7, 11) is 1.50. The zero-order valence-electron chi connectivity index (χ0n) is 9.93. The fraction of sp³-hybridized carbons (Fsp3) is 0.333. The molecule has 98 valence electrons. The fourth-order valence-corrected chi connectivity index (χ4v) is 1.31. The molecule has 0 atom stereocenters. The molecular weight excluding hydrogens is 241 g/mol. The molecule has 0 unspecified atom stereocenters. The molecule has 1 N–H and O–H groups in total. The van der Waals surface area contributed by atoms with Gasteiger partial charge in [0.2, 0.25) is 5.91 Å². The SMILES string of the molecule is CN(Cc1ccccc1F)C(=O)COCC(=O)O. The minimum Gasteiger partial charge on any atom is -0.480 e. The highest BCUT2D eigenvalue weighted by Gasteiger charge is 2.12. The summed E-state index contributed by atoms with van der Waals surface area (Å²) in [5, 5.41) is 8.34. The molecule has 18 heavy (non-hydrogen) atoms. The van der Waals surface area contributed by atoms with Crippen LogP contribution < -0.4 is 0 Å². The number of carbonyl (C=O) groups excluding carboxylic acids is 1. The minimum absolute atomic E-state index is 0.113. The van der Waals surface area contributed by atoms with Crippen molar-refractivity contribution in [3.05, 3.63) is 35.6 Å². The molecule has 1 rings (SSSR count). The van der Waals surface area contributed by atoms with Crippen LogP contribution in [0.1, 0.15) is 5.56 Å². The largest absolute Gasteiger partial charge is 0.480 e. The van der Waals surface area contributed by atoms with Gasteiger partial charge in [-0.15, -0.1) is 0 Å². The van der Waals surface area contributed by atoms with Gasteiger partial charge in [0.1, 0.15) is 19.0 Å². The van der Waals surface area contributed by atoms with Crippen molar-refractivity contribution in [3.8, 4) is 0 Å². The molecule has 6 heteroatoms. The Balaban J connectivity index is 2.45. The maximum absolute atomic E-state index is 13.3. The Morgan fingerprint density at radius 2 is 2.00 bits per heavy atom. The van der Waals surface area contributed by atoms with Gasteiger partial charge < -0.3 is 14.7 Å². The topological polar surface area (TPSA) is 66.8 Å². The van der Waals surface area contributed by atoms with Crippen molar-refractivity contribution in [1.29, 1.82) is 0 Å². The molecule has 0 heterocycles. The van der Waals surface area contributed by atoms with Gasteiger partial charge in [-0.05, 0) is 6.07 Å². The van der Waals surface area contributed by atoms with E-state index in [0.29, 0.717) is 5.56 Å². The molecule has 0 aliphatic rings. The predicted molar refractivity (Wildman–Crippen MR) is 61.3 cm³/mol. The Kier molecular flexibility index (Phi) is 5.26. The van der Waals surface area contributed by atoms with Crippen LogP contribution in [0.5, 0.6) is 0 Å². The van der Waals surface area contributed by atoms with Crippen molar-refractivity contribution in [2.24, 2.45) is 0 Å². The molecule has 0 fully saturated rings. The van der Waals surface area contributed by atoms with Crippen LogP contribution in [0.2, 0.25) is 0 Å². The number of carboxylic acids is 1. The number of carboxylic acid groups (broad SMARTS) is 1. The van der Waals surface area contributed by atoms with E-state index in [0.717, 1.165) is 0 Å². The molecule has 0 aliphatic heterocycles. The Morgan fingerprint density at radius 1 is 1.33 bits per heavy atom. The van der Waals surface area contributed by atoms with Crippen molar-refractivity contribution in [3.63, 3.8) is 0 Å². The van der Waals surface area contributed by atoms with Gasteiger partial charge in [0, 0.05) is 19.2 Å². The lowest BCUT2D eigenvalue weighted by atomic mass is 10.2. The fourth-order valence-electron chi connectivity index (χ4n) is 1.31. The van der Waals surface area contributed by atoms with Gasteiger partial charge in [-0.2, -0.15) is 0 Å². The standard InChI is InChI=1S/C12H14FNO4/c1-14(11(15)7-18-8-12(16)17)6-9-4-2-3-5-10(9)13/h2-5H,6-8H2,1H3,(H,16,17). The van der Waals surface area contributed by atoms with Gasteiger partial charge >= 0.3 is 5.97 Å². The van der Waals surface area contributed by atoms with E-state index in [4.69, 9.17) is 5.11 Å². The van der Waals surface area contributed by atoms with Crippen LogP contribution in [0, 0.1) is 5.82 Å². The second-order valence-corrected chi connectivity index (χ2v) is 3.73. The molecule has 0 spiro atoms. The number of amides is 1. The summed E-state index contributed by atoms with van der Waals surface area (Å²) < 4.78 is 18.0. The first kappa shape index (κ1) is 14.1. The van der Waals surface area contributed by atoms with E-state index in [1.807, 2.05) is 0 Å². The second-order valence-electron chi connectivity index (χ2n) is 3.73. The quantitative estimate of drug-likeness (QED) is 0.819. The number of hydrogen-bond acceptors (Lipinski definition) is 3. The van der Waals surface area contributed by atoms with Gasteiger partial charge in [-0.3, -0.25) is 4.79 Å². The van der Waals surface area contributed by atoms with Crippen molar-refractivity contribution in [2.45, 2.75) is 6.54 Å². The number of benzene rings is 1. The van der Waals surface area contributed by atoms with Crippen LogP contribution >= 0.6 is 0 Å². The molecule has 0 aromatic heterocycles. The molecule has 0 aliphatic carbocycles. The van der Waals surface area contributed by atoms with E-state index in [1.165, 1.54) is 18.0 Å². The zero-order valence-corrected chi connectivity index (χ0v) is 9.93. The molecule has 0 saturated carbocycles. The predicted octanol–water partition coefficient (Wildman–Crippen LogP) is 0.885. The first-order chi connectivity index (χ1) is 8.50. The number of rotatable bonds is 6. The van der Waals surface area contributed by atoms with Gasteiger partial charge in [-0.1, -0.05) is 18.2 Å². The van der Waals surface area contributed by atoms with Crippen LogP contribution in [0.4, 0.5) is 4.39 Å². The van der Waals surface area contributed by atoms with Crippen LogP contribution in [-0.2, 0) is 20.9 Å². The third-order valence-electron chi connectivity index (χ3n) is 2.24. The minimum atomic E-state index is -1.14. The van der Waals surface area contributed by atoms with Crippen LogP contribution in [0.25, 0.3) is 0 Å². The van der Waals surface area contributed by atoms with Crippen LogP contribution in [0.3, 0.4) is 0 Å². The van der Waals surface area contributed by atoms with Gasteiger partial charge in [-0.25, -0.2) is 9.18 Å². The lowest BCUT2D eigenvalue weighted by molar-refractivity contribution is -0.145. The van der Waals surface area contributed by atoms with E-state index in [2.05, 4.69) is 4.74 Å². The number of aliphatic carboxylic acids is 1. The summed E-state index contributed by atoms with van der Waals surface area (Å²) in [4.78, 5) is 23.0. The Hall–Kier alpha value is -1.95. The molecule has 0 saturated heterocycles. The molecule has 1 amide bonds. The highest BCUT2D eigenvalue weighted by Crippen LogP contribution is 2.08. The highest BCUT2D eigenvalue weighted by atomic mass is 19.1. The summed E-state index contributed by atoms with van der Waals surface area (Å²) in [5.74, 6) is -1.93. The van der Waals surface area contributed by atoms with E-state index in [-0.39, 0.29) is 19.0 Å². The van der Waals surface area contributed by atoms with Crippen molar-refractivity contribution in [1.82, 2.24) is 4.90 Å². The number of nitrogens with zero attached hydrogens (tertiary/aromatic N) is 1. The third kappa shape index (κ3) is 4.50. The number of carbonyl (C=O) groups is 2. The summed E-state index contributed by atoms with van der Waals surface area (Å²) in [5.41, 5.74) is 0.395. The normalized spacial score (nSPS) is 10.1. The van der Waals surface area contributed by atoms with Gasteiger partial charge in [0.25, 0.3) is 0 Å². The number of halogens is 1. The van der Waals surface area contributed by atoms with Crippen molar-refractivity contribution >= 4 is 11.9 Å². The van der Waals surface area contributed by atoms with Gasteiger partial charge in [0.15, 0.2) is 0 Å². The van der Waals surface area contributed by atoms with E-state index in [9.17, 15) is 14.0 Å². The average Bonchev–Trinajstić information content (AvgIpc) is 2.31. The lowest BCUT2D eigenvalue weighted by Gasteiger charge is -2.17. The summed E-state index contributed by atoms with van der Waals surface area (Å²) in [6.07, 6.45) is 0. The van der Waals surface area contributed by atoms with E-state index >= 15 is 0 Å². The van der Waals surface area contributed by atoms with E-state index < -0.39 is 18.5 Å². The average molecular weight is 255 g/mol. The lowest BCUT2D eigenvalue weighted by Crippen LogP contribution is -2.30. The summed E-state index contributed by atoms with van der Waals surface area (Å²) in [6, 6.07) is 6.14. The molecule has 5 nitrogen and oxygen atoms in total. The molecule has 0 bridgehead atoms. The number of ether oxygens (including phenoxy) is 1. The maximum Gasteiger partial charge on any atom is 0.329 e. The molecule has 1 aromatic rings. The summed E-state index contributed by atoms with van der Waals surface area (Å²) >= 11 is 0. The van der Waals surface area contributed by atoms with E-state index in [1.54, 1.807) is 18.2 Å². The van der Waals surface area contributed by atoms with Crippen LogP contribution in [0.15, 0.2) is 24.3 Å². The molecule has 0 radical (unpaired) electrons. The maximum atomic E-state index is 13.3. The summed E-state index contributed by atoms with van der Waals surface area (Å²) in [6.45, 7) is -0.752. The van der Waals surface area contributed by atoms with Crippen LogP contribution in [-0.4, -0.2) is 42.1 Å². The molecule has 1 aromatic carbocycles. The van der Waals surface area contributed by atoms with Crippen molar-refractivity contribution in [2.75, 3.05) is 20.3 Å². The smallest absolute Gasteiger partial charge is 0.329 e. The first-order valence-corrected chi connectivity index (χ1v) is 5.27. The van der Waals surface area contributed by atoms with Crippen molar-refractivity contribution < 1.29 is 23.8 Å². The third-order valence-corrected chi connectivity index (χ3v) is 2.24. The zero-order chi connectivity index (χ0) is 13.5. The Morgan fingerprint density at radius 3 is 2.61 bits per heavy atom. The number of likely N-dealkylation sites (N-methyl/N-ethyl adjacent to an activating group) is 1. The second kappa shape index (κ2) is 6.70. The number of hydrogen-bond donors (Lipinski definition) is 1. The monoisotopic (exact) mass is 255 g/mol. The Labute approximate surface area is 104 Å². The molecular formula is C12H14FNO4. The Bertz CT molecular complexity index is 436. The first-order valence-electron chi connectivity index (χ1n) is 5.27. The highest BCUT2D eigenvalue weighted by molar-refractivity contribution is 5.77.